The Morgan fingerprint density at radius 3 is 2.14 bits per heavy atom. The molecule has 0 saturated carbocycles. The molecule has 0 aliphatic carbocycles. The van der Waals surface area contributed by atoms with Crippen molar-refractivity contribution >= 4 is 27.7 Å². The van der Waals surface area contributed by atoms with Crippen molar-refractivity contribution in [1.82, 2.24) is 10.2 Å². The molecule has 28 heavy (non-hydrogen) atoms. The van der Waals surface area contributed by atoms with Crippen molar-refractivity contribution in [2.24, 2.45) is 0 Å². The number of nitrogens with zero attached hydrogens (tertiary/aromatic N) is 1. The smallest absolute Gasteiger partial charge is 0.242 e. The molecule has 2 amide bonds. The molecular weight excluding hydrogens is 416 g/mol. The van der Waals surface area contributed by atoms with E-state index in [2.05, 4.69) is 28.2 Å². The third kappa shape index (κ3) is 6.20. The molecule has 0 aliphatic rings. The molecule has 5 heteroatoms. The van der Waals surface area contributed by atoms with Crippen LogP contribution < -0.4 is 5.32 Å². The summed E-state index contributed by atoms with van der Waals surface area (Å²) in [5, 5.41) is 2.91. The van der Waals surface area contributed by atoms with E-state index in [4.69, 9.17) is 0 Å². The minimum atomic E-state index is -0.551. The highest BCUT2D eigenvalue weighted by molar-refractivity contribution is 9.10. The van der Waals surface area contributed by atoms with Crippen LogP contribution in [-0.2, 0) is 22.6 Å². The van der Waals surface area contributed by atoms with Crippen LogP contribution in [0.4, 0.5) is 0 Å². The van der Waals surface area contributed by atoms with Crippen LogP contribution in [0, 0.1) is 13.8 Å². The Balaban J connectivity index is 2.24. The first-order valence-corrected chi connectivity index (χ1v) is 10.4. The van der Waals surface area contributed by atoms with E-state index in [-0.39, 0.29) is 24.3 Å². The Bertz CT molecular complexity index is 831. The summed E-state index contributed by atoms with van der Waals surface area (Å²) in [5.41, 5.74) is 4.31. The molecule has 150 valence electrons. The summed E-state index contributed by atoms with van der Waals surface area (Å²) in [7, 11) is 0. The number of amides is 2. The molecule has 1 N–H and O–H groups in total. The van der Waals surface area contributed by atoms with Gasteiger partial charge >= 0.3 is 0 Å². The van der Waals surface area contributed by atoms with E-state index >= 15 is 0 Å². The molecule has 2 aromatic rings. The van der Waals surface area contributed by atoms with Crippen LogP contribution in [0.2, 0.25) is 0 Å². The van der Waals surface area contributed by atoms with Gasteiger partial charge in [0.25, 0.3) is 0 Å². The van der Waals surface area contributed by atoms with Crippen LogP contribution in [0.5, 0.6) is 0 Å². The summed E-state index contributed by atoms with van der Waals surface area (Å²) in [4.78, 5) is 27.4. The predicted molar refractivity (Wildman–Crippen MR) is 117 cm³/mol. The number of rotatable bonds is 7. The molecule has 0 spiro atoms. The number of carbonyl (C=O) groups is 2. The summed E-state index contributed by atoms with van der Waals surface area (Å²) in [5.74, 6) is -0.196. The Morgan fingerprint density at radius 1 is 0.964 bits per heavy atom. The minimum absolute atomic E-state index is 0.0272. The molecule has 1 unspecified atom stereocenters. The number of benzene rings is 2. The molecule has 4 nitrogen and oxygen atoms in total. The molecule has 0 aliphatic heterocycles. The van der Waals surface area contributed by atoms with Gasteiger partial charge in [-0.15, -0.1) is 0 Å². The normalized spacial score (nSPS) is 12.0. The Labute approximate surface area is 176 Å². The number of halogens is 1. The standard InChI is InChI=1S/C23H29BrN2O2/c1-15(2)25-23(28)18(5)26(14-19-8-10-21(24)11-9-19)22(27)13-20-7-6-16(3)17(4)12-20/h6-12,15,18H,13-14H2,1-5H3,(H,25,28). The van der Waals surface area contributed by atoms with Crippen molar-refractivity contribution in [2.45, 2.75) is 59.7 Å². The third-order valence-electron chi connectivity index (χ3n) is 4.79. The lowest BCUT2D eigenvalue weighted by Crippen LogP contribution is -2.49. The van der Waals surface area contributed by atoms with Crippen molar-refractivity contribution in [3.8, 4) is 0 Å². The molecule has 0 radical (unpaired) electrons. The Hall–Kier alpha value is -2.14. The number of hydrogen-bond donors (Lipinski definition) is 1. The Kier molecular flexibility index (Phi) is 7.81. The van der Waals surface area contributed by atoms with Gasteiger partial charge in [-0.1, -0.05) is 46.3 Å². The quantitative estimate of drug-likeness (QED) is 0.680. The number of hydrogen-bond acceptors (Lipinski definition) is 2. The van der Waals surface area contributed by atoms with Gasteiger partial charge < -0.3 is 10.2 Å². The first-order valence-electron chi connectivity index (χ1n) is 9.57. The van der Waals surface area contributed by atoms with Gasteiger partial charge in [-0.25, -0.2) is 0 Å². The summed E-state index contributed by atoms with van der Waals surface area (Å²) in [6, 6.07) is 13.4. The molecule has 0 saturated heterocycles. The lowest BCUT2D eigenvalue weighted by molar-refractivity contribution is -0.140. The fourth-order valence-corrected chi connectivity index (χ4v) is 3.23. The number of aryl methyl sites for hydroxylation is 2. The van der Waals surface area contributed by atoms with Crippen molar-refractivity contribution in [3.05, 3.63) is 69.2 Å². The molecule has 0 heterocycles. The van der Waals surface area contributed by atoms with Crippen molar-refractivity contribution in [1.29, 1.82) is 0 Å². The van der Waals surface area contributed by atoms with E-state index in [0.29, 0.717) is 6.54 Å². The third-order valence-corrected chi connectivity index (χ3v) is 5.32. The first-order chi connectivity index (χ1) is 13.2. The van der Waals surface area contributed by atoms with Gasteiger partial charge in [-0.2, -0.15) is 0 Å². The van der Waals surface area contributed by atoms with Gasteiger partial charge in [0.1, 0.15) is 6.04 Å². The topological polar surface area (TPSA) is 49.4 Å². The van der Waals surface area contributed by atoms with E-state index in [1.165, 1.54) is 5.56 Å². The van der Waals surface area contributed by atoms with E-state index < -0.39 is 6.04 Å². The zero-order valence-corrected chi connectivity index (χ0v) is 18.8. The largest absolute Gasteiger partial charge is 0.352 e. The highest BCUT2D eigenvalue weighted by Crippen LogP contribution is 2.17. The van der Waals surface area contributed by atoms with Gasteiger partial charge in [-0.05, 0) is 69.0 Å². The fourth-order valence-electron chi connectivity index (χ4n) is 2.96. The van der Waals surface area contributed by atoms with Gasteiger partial charge in [0.2, 0.25) is 11.8 Å². The van der Waals surface area contributed by atoms with E-state index in [1.807, 2.05) is 63.2 Å². The maximum absolute atomic E-state index is 13.1. The van der Waals surface area contributed by atoms with Crippen molar-refractivity contribution in [3.63, 3.8) is 0 Å². The van der Waals surface area contributed by atoms with Crippen LogP contribution in [-0.4, -0.2) is 28.8 Å². The average molecular weight is 445 g/mol. The molecule has 0 bridgehead atoms. The summed E-state index contributed by atoms with van der Waals surface area (Å²) >= 11 is 3.43. The maximum atomic E-state index is 13.1. The summed E-state index contributed by atoms with van der Waals surface area (Å²) in [6.07, 6.45) is 0.275. The maximum Gasteiger partial charge on any atom is 0.242 e. The van der Waals surface area contributed by atoms with E-state index in [9.17, 15) is 9.59 Å². The fraction of sp³-hybridized carbons (Fsp3) is 0.391. The molecule has 0 aromatic heterocycles. The molecule has 2 aromatic carbocycles. The SMILES string of the molecule is Cc1ccc(CC(=O)N(Cc2ccc(Br)cc2)C(C)C(=O)NC(C)C)cc1C. The second kappa shape index (κ2) is 9.87. The van der Waals surface area contributed by atoms with Crippen LogP contribution in [0.1, 0.15) is 43.0 Å². The second-order valence-electron chi connectivity index (χ2n) is 7.58. The average Bonchev–Trinajstić information content (AvgIpc) is 2.63. The van der Waals surface area contributed by atoms with Gasteiger partial charge in [0.15, 0.2) is 0 Å². The molecule has 1 atom stereocenters. The molecular formula is C23H29BrN2O2. The van der Waals surface area contributed by atoms with Crippen LogP contribution in [0.25, 0.3) is 0 Å². The number of carbonyl (C=O) groups excluding carboxylic acids is 2. The predicted octanol–water partition coefficient (Wildman–Crippen LogP) is 4.55. The van der Waals surface area contributed by atoms with Crippen molar-refractivity contribution in [2.75, 3.05) is 0 Å². The molecule has 0 fully saturated rings. The van der Waals surface area contributed by atoms with E-state index in [0.717, 1.165) is 21.2 Å². The van der Waals surface area contributed by atoms with Crippen LogP contribution in [0.15, 0.2) is 46.9 Å². The van der Waals surface area contributed by atoms with Crippen LogP contribution in [0.3, 0.4) is 0 Å². The minimum Gasteiger partial charge on any atom is -0.352 e. The zero-order valence-electron chi connectivity index (χ0n) is 17.3. The zero-order chi connectivity index (χ0) is 20.8. The second-order valence-corrected chi connectivity index (χ2v) is 8.50. The van der Waals surface area contributed by atoms with E-state index in [1.54, 1.807) is 11.8 Å². The summed E-state index contributed by atoms with van der Waals surface area (Å²) < 4.78 is 0.981. The lowest BCUT2D eigenvalue weighted by atomic mass is 10.0. The van der Waals surface area contributed by atoms with Gasteiger partial charge in [0, 0.05) is 17.1 Å². The van der Waals surface area contributed by atoms with Gasteiger partial charge in [-0.3, -0.25) is 9.59 Å². The number of nitrogens with one attached hydrogen (secondary N) is 1. The first kappa shape index (κ1) is 22.2. The Morgan fingerprint density at radius 2 is 1.57 bits per heavy atom. The van der Waals surface area contributed by atoms with Gasteiger partial charge in [0.05, 0.1) is 6.42 Å². The molecule has 2 rings (SSSR count). The van der Waals surface area contributed by atoms with Crippen LogP contribution >= 0.6 is 15.9 Å². The highest BCUT2D eigenvalue weighted by Gasteiger charge is 2.26. The lowest BCUT2D eigenvalue weighted by Gasteiger charge is -2.29. The monoisotopic (exact) mass is 444 g/mol. The van der Waals surface area contributed by atoms with Crippen molar-refractivity contribution < 1.29 is 9.59 Å². The summed E-state index contributed by atoms with van der Waals surface area (Å²) in [6.45, 7) is 10.1. The highest BCUT2D eigenvalue weighted by atomic mass is 79.9.